The molecule has 0 bridgehead atoms. The number of halogens is 1. The fourth-order valence-corrected chi connectivity index (χ4v) is 1.88. The number of primary amides is 1. The number of carbonyl (C=O) groups is 2. The summed E-state index contributed by atoms with van der Waals surface area (Å²) in [5.74, 6) is -1.12. The zero-order chi connectivity index (χ0) is 15.8. The lowest BCUT2D eigenvalue weighted by molar-refractivity contribution is -0.131. The minimum absolute atomic E-state index is 0.0912. The first kappa shape index (κ1) is 16.9. The first-order valence-corrected chi connectivity index (χ1v) is 6.95. The summed E-state index contributed by atoms with van der Waals surface area (Å²) in [6.45, 7) is 4.18. The van der Waals surface area contributed by atoms with E-state index in [1.165, 1.54) is 23.1 Å². The number of benzene rings is 1. The van der Waals surface area contributed by atoms with E-state index in [2.05, 4.69) is 0 Å². The van der Waals surface area contributed by atoms with Gasteiger partial charge in [-0.15, -0.1) is 0 Å². The summed E-state index contributed by atoms with van der Waals surface area (Å²) >= 11 is 0. The van der Waals surface area contributed by atoms with Crippen molar-refractivity contribution in [2.75, 3.05) is 13.1 Å². The van der Waals surface area contributed by atoms with Gasteiger partial charge in [-0.25, -0.2) is 4.39 Å². The van der Waals surface area contributed by atoms with Crippen LogP contribution < -0.4 is 5.73 Å². The third-order valence-corrected chi connectivity index (χ3v) is 3.08. The van der Waals surface area contributed by atoms with Gasteiger partial charge in [0, 0.05) is 12.6 Å². The molecule has 0 radical (unpaired) electrons. The number of amides is 2. The van der Waals surface area contributed by atoms with Crippen LogP contribution in [-0.2, 0) is 9.59 Å². The highest BCUT2D eigenvalue weighted by atomic mass is 19.1. The standard InChI is InChI=1S/C16H21FN2O2/c1-3-4-9-19(11-15(18)20)16(21)10-12(2)13-5-7-14(17)8-6-13/h5-8,10H,3-4,9,11H2,1-2H3,(H2,18,20). The highest BCUT2D eigenvalue weighted by Crippen LogP contribution is 2.14. The summed E-state index contributed by atoms with van der Waals surface area (Å²) in [6, 6.07) is 5.91. The molecule has 0 aliphatic heterocycles. The maximum Gasteiger partial charge on any atom is 0.247 e. The van der Waals surface area contributed by atoms with Crippen LogP contribution >= 0.6 is 0 Å². The van der Waals surface area contributed by atoms with Gasteiger partial charge in [-0.2, -0.15) is 0 Å². The number of nitrogens with zero attached hydrogens (tertiary/aromatic N) is 1. The van der Waals surface area contributed by atoms with E-state index < -0.39 is 5.91 Å². The second-order valence-corrected chi connectivity index (χ2v) is 4.91. The van der Waals surface area contributed by atoms with Crippen molar-refractivity contribution in [1.82, 2.24) is 4.90 Å². The van der Waals surface area contributed by atoms with E-state index in [4.69, 9.17) is 5.73 Å². The average molecular weight is 292 g/mol. The third kappa shape index (κ3) is 5.77. The summed E-state index contributed by atoms with van der Waals surface area (Å²) in [7, 11) is 0. The molecule has 1 aromatic carbocycles. The van der Waals surface area contributed by atoms with Crippen LogP contribution in [0.1, 0.15) is 32.3 Å². The van der Waals surface area contributed by atoms with Crippen molar-refractivity contribution in [2.45, 2.75) is 26.7 Å². The number of hydrogen-bond acceptors (Lipinski definition) is 2. The Bertz CT molecular complexity index is 524. The van der Waals surface area contributed by atoms with Gasteiger partial charge < -0.3 is 10.6 Å². The van der Waals surface area contributed by atoms with Crippen molar-refractivity contribution in [1.29, 1.82) is 0 Å². The van der Waals surface area contributed by atoms with Crippen LogP contribution in [0.4, 0.5) is 4.39 Å². The Hall–Kier alpha value is -2.17. The SMILES string of the molecule is CCCCN(CC(N)=O)C(=O)C=C(C)c1ccc(F)cc1. The summed E-state index contributed by atoms with van der Waals surface area (Å²) < 4.78 is 12.9. The molecule has 1 rings (SSSR count). The van der Waals surface area contributed by atoms with Crippen LogP contribution in [0.5, 0.6) is 0 Å². The van der Waals surface area contributed by atoms with Gasteiger partial charge in [0.25, 0.3) is 0 Å². The zero-order valence-corrected chi connectivity index (χ0v) is 12.4. The summed E-state index contributed by atoms with van der Waals surface area (Å²) in [5.41, 5.74) is 6.64. The highest BCUT2D eigenvalue weighted by Gasteiger charge is 2.13. The normalized spacial score (nSPS) is 11.3. The molecular formula is C16H21FN2O2. The minimum Gasteiger partial charge on any atom is -0.368 e. The number of rotatable bonds is 7. The molecule has 0 spiro atoms. The fraction of sp³-hybridized carbons (Fsp3) is 0.375. The van der Waals surface area contributed by atoms with Crippen LogP contribution in [0.15, 0.2) is 30.3 Å². The van der Waals surface area contributed by atoms with E-state index >= 15 is 0 Å². The van der Waals surface area contributed by atoms with Crippen molar-refractivity contribution in [3.05, 3.63) is 41.7 Å². The molecule has 4 nitrogen and oxygen atoms in total. The second-order valence-electron chi connectivity index (χ2n) is 4.91. The molecule has 2 N–H and O–H groups in total. The van der Waals surface area contributed by atoms with Crippen molar-refractivity contribution in [3.63, 3.8) is 0 Å². The molecule has 21 heavy (non-hydrogen) atoms. The molecule has 1 aromatic rings. The van der Waals surface area contributed by atoms with Crippen molar-refractivity contribution in [2.24, 2.45) is 5.73 Å². The van der Waals surface area contributed by atoms with E-state index in [9.17, 15) is 14.0 Å². The van der Waals surface area contributed by atoms with Gasteiger partial charge in [0.1, 0.15) is 5.82 Å². The van der Waals surface area contributed by atoms with Gasteiger partial charge in [-0.1, -0.05) is 25.5 Å². The van der Waals surface area contributed by atoms with Crippen molar-refractivity contribution in [3.8, 4) is 0 Å². The molecule has 0 atom stereocenters. The van der Waals surface area contributed by atoms with Crippen LogP contribution in [0.2, 0.25) is 0 Å². The minimum atomic E-state index is -0.535. The maximum atomic E-state index is 12.9. The van der Waals surface area contributed by atoms with Crippen LogP contribution in [-0.4, -0.2) is 29.8 Å². The summed E-state index contributed by atoms with van der Waals surface area (Å²) in [5, 5.41) is 0. The quantitative estimate of drug-likeness (QED) is 0.784. The number of hydrogen-bond donors (Lipinski definition) is 1. The molecule has 0 fully saturated rings. The van der Waals surface area contributed by atoms with E-state index in [1.54, 1.807) is 19.1 Å². The number of nitrogens with two attached hydrogens (primary N) is 1. The Morgan fingerprint density at radius 2 is 1.90 bits per heavy atom. The highest BCUT2D eigenvalue weighted by molar-refractivity contribution is 5.96. The van der Waals surface area contributed by atoms with Crippen molar-refractivity contribution >= 4 is 17.4 Å². The molecule has 0 heterocycles. The third-order valence-electron chi connectivity index (χ3n) is 3.08. The van der Waals surface area contributed by atoms with E-state index in [0.717, 1.165) is 18.4 Å². The van der Waals surface area contributed by atoms with Crippen LogP contribution in [0, 0.1) is 5.82 Å². The van der Waals surface area contributed by atoms with Gasteiger partial charge in [0.2, 0.25) is 11.8 Å². The number of allylic oxidation sites excluding steroid dienone is 1. The Labute approximate surface area is 124 Å². The summed E-state index contributed by atoms with van der Waals surface area (Å²) in [4.78, 5) is 24.7. The first-order chi connectivity index (χ1) is 9.93. The second kappa shape index (κ2) is 8.19. The predicted molar refractivity (Wildman–Crippen MR) is 80.7 cm³/mol. The topological polar surface area (TPSA) is 63.4 Å². The first-order valence-electron chi connectivity index (χ1n) is 6.95. The van der Waals surface area contributed by atoms with E-state index in [1.807, 2.05) is 6.92 Å². The monoisotopic (exact) mass is 292 g/mol. The number of carbonyl (C=O) groups excluding carboxylic acids is 2. The molecule has 5 heteroatoms. The van der Waals surface area contributed by atoms with Gasteiger partial charge >= 0.3 is 0 Å². The molecule has 2 amide bonds. The molecule has 0 saturated heterocycles. The molecule has 114 valence electrons. The molecule has 0 saturated carbocycles. The lowest BCUT2D eigenvalue weighted by atomic mass is 10.1. The smallest absolute Gasteiger partial charge is 0.247 e. The number of unbranched alkanes of at least 4 members (excludes halogenated alkanes) is 1. The van der Waals surface area contributed by atoms with Gasteiger partial charge in [0.05, 0.1) is 6.54 Å². The summed E-state index contributed by atoms with van der Waals surface area (Å²) in [6.07, 6.45) is 3.18. The van der Waals surface area contributed by atoms with Crippen LogP contribution in [0.3, 0.4) is 0 Å². The lowest BCUT2D eigenvalue weighted by Gasteiger charge is -2.19. The zero-order valence-electron chi connectivity index (χ0n) is 12.4. The van der Waals surface area contributed by atoms with Gasteiger partial charge in [-0.05, 0) is 36.6 Å². The average Bonchev–Trinajstić information content (AvgIpc) is 2.43. The molecule has 0 unspecified atom stereocenters. The molecule has 0 aromatic heterocycles. The van der Waals surface area contributed by atoms with Crippen LogP contribution in [0.25, 0.3) is 5.57 Å². The fourth-order valence-electron chi connectivity index (χ4n) is 1.88. The van der Waals surface area contributed by atoms with E-state index in [0.29, 0.717) is 12.1 Å². The molecule has 0 aliphatic rings. The Morgan fingerprint density at radius 3 is 2.43 bits per heavy atom. The lowest BCUT2D eigenvalue weighted by Crippen LogP contribution is -2.38. The van der Waals surface area contributed by atoms with Crippen molar-refractivity contribution < 1.29 is 14.0 Å². The Balaban J connectivity index is 2.84. The van der Waals surface area contributed by atoms with E-state index in [-0.39, 0.29) is 18.3 Å². The van der Waals surface area contributed by atoms with Gasteiger partial charge in [0.15, 0.2) is 0 Å². The molecule has 0 aliphatic carbocycles. The Morgan fingerprint density at radius 1 is 1.29 bits per heavy atom. The predicted octanol–water partition coefficient (Wildman–Crippen LogP) is 2.34. The molecular weight excluding hydrogens is 271 g/mol. The maximum absolute atomic E-state index is 12.9. The van der Waals surface area contributed by atoms with Gasteiger partial charge in [-0.3, -0.25) is 9.59 Å². The Kier molecular flexibility index (Phi) is 6.59. The largest absolute Gasteiger partial charge is 0.368 e.